The molecule has 0 bridgehead atoms. The first-order chi connectivity index (χ1) is 17.3. The molecule has 0 radical (unpaired) electrons. The van der Waals surface area contributed by atoms with E-state index in [9.17, 15) is 9.90 Å². The number of amides is 1. The van der Waals surface area contributed by atoms with Crippen LogP contribution in [0.5, 0.6) is 0 Å². The Kier molecular flexibility index (Phi) is 6.03. The van der Waals surface area contributed by atoms with Crippen molar-refractivity contribution in [2.75, 3.05) is 31.6 Å². The van der Waals surface area contributed by atoms with Gasteiger partial charge in [0.2, 0.25) is 5.91 Å². The highest BCUT2D eigenvalue weighted by Gasteiger charge is 2.45. The van der Waals surface area contributed by atoms with E-state index in [0.29, 0.717) is 24.9 Å². The summed E-state index contributed by atoms with van der Waals surface area (Å²) in [6.45, 7) is 4.86. The number of fused-ring (bicyclic) bond motifs is 1. The summed E-state index contributed by atoms with van der Waals surface area (Å²) in [5.41, 5.74) is 1.94. The number of rotatable bonds is 5. The van der Waals surface area contributed by atoms with E-state index in [2.05, 4.69) is 33.3 Å². The summed E-state index contributed by atoms with van der Waals surface area (Å²) in [6.07, 6.45) is 7.93. The van der Waals surface area contributed by atoms with Gasteiger partial charge in [0.15, 0.2) is 0 Å². The number of aliphatic hydroxyl groups is 1. The largest absolute Gasteiger partial charge is 0.389 e. The number of aryl methyl sites for hydroxylation is 1. The van der Waals surface area contributed by atoms with Gasteiger partial charge in [-0.1, -0.05) is 11.6 Å². The number of hydrogen-bond acceptors (Lipinski definition) is 6. The van der Waals surface area contributed by atoms with Crippen LogP contribution in [-0.2, 0) is 16.6 Å². The Bertz CT molecular complexity index is 1300. The fourth-order valence-corrected chi connectivity index (χ4v) is 6.25. The summed E-state index contributed by atoms with van der Waals surface area (Å²) in [4.78, 5) is 19.7. The van der Waals surface area contributed by atoms with E-state index in [0.717, 1.165) is 59.3 Å². The SMILES string of the molecule is Cn1cc([C@@H]2C[C@H]2C(=O)Nc2cc3cc(C4CCN([C@]5(C)COC[C@@H]5O)CC4)c(Cl)cc3cn2)cn1. The summed E-state index contributed by atoms with van der Waals surface area (Å²) in [7, 11) is 1.89. The second-order valence-electron chi connectivity index (χ2n) is 10.8. The number of carbonyl (C=O) groups is 1. The summed E-state index contributed by atoms with van der Waals surface area (Å²) in [5, 5.41) is 20.4. The molecule has 4 heterocycles. The molecule has 0 unspecified atom stereocenters. The van der Waals surface area contributed by atoms with Crippen LogP contribution in [-0.4, -0.2) is 68.6 Å². The van der Waals surface area contributed by atoms with Crippen molar-refractivity contribution < 1.29 is 14.6 Å². The summed E-state index contributed by atoms with van der Waals surface area (Å²) < 4.78 is 7.31. The average molecular weight is 510 g/mol. The molecule has 190 valence electrons. The highest BCUT2D eigenvalue weighted by Crippen LogP contribution is 2.48. The molecule has 2 saturated heterocycles. The van der Waals surface area contributed by atoms with Gasteiger partial charge in [0, 0.05) is 35.8 Å². The van der Waals surface area contributed by atoms with Crippen molar-refractivity contribution in [1.82, 2.24) is 19.7 Å². The number of carbonyl (C=O) groups excluding carboxylic acids is 1. The normalized spacial score (nSPS) is 29.1. The first kappa shape index (κ1) is 23.9. The summed E-state index contributed by atoms with van der Waals surface area (Å²) in [5.74, 6) is 1.11. The third-order valence-electron chi connectivity index (χ3n) is 8.41. The van der Waals surface area contributed by atoms with Crippen molar-refractivity contribution in [3.63, 3.8) is 0 Å². The number of hydrogen-bond donors (Lipinski definition) is 2. The van der Waals surface area contributed by atoms with Crippen LogP contribution in [0.2, 0.25) is 5.02 Å². The van der Waals surface area contributed by atoms with Crippen LogP contribution >= 0.6 is 11.6 Å². The number of likely N-dealkylation sites (tertiary alicyclic amines) is 1. The number of benzene rings is 1. The minimum Gasteiger partial charge on any atom is -0.389 e. The van der Waals surface area contributed by atoms with Gasteiger partial charge in [0.1, 0.15) is 5.82 Å². The zero-order chi connectivity index (χ0) is 25.0. The van der Waals surface area contributed by atoms with Crippen LogP contribution < -0.4 is 5.32 Å². The van der Waals surface area contributed by atoms with Gasteiger partial charge in [-0.05, 0) is 85.8 Å². The Morgan fingerprint density at radius 2 is 2.03 bits per heavy atom. The molecule has 1 amide bonds. The standard InChI is InChI=1S/C27H32ClN5O3/c1-27(15-36-14-24(27)34)33-5-3-16(4-6-33)21-7-17-9-25(29-11-18(17)8-23(21)28)31-26(35)22-10-20(22)19-12-30-32(2)13-19/h7-9,11-13,16,20,22,24,34H,3-6,10,14-15H2,1-2H3,(H,29,31,35)/t20-,22+,24-,27+/m0/s1. The quantitative estimate of drug-likeness (QED) is 0.545. The van der Waals surface area contributed by atoms with Gasteiger partial charge in [-0.15, -0.1) is 0 Å². The number of piperidine rings is 1. The summed E-state index contributed by atoms with van der Waals surface area (Å²) in [6, 6.07) is 6.07. The molecule has 0 spiro atoms. The van der Waals surface area contributed by atoms with Crippen molar-refractivity contribution in [1.29, 1.82) is 0 Å². The molecular weight excluding hydrogens is 478 g/mol. The first-order valence-electron chi connectivity index (χ1n) is 12.7. The molecule has 2 aromatic heterocycles. The second-order valence-corrected chi connectivity index (χ2v) is 11.2. The van der Waals surface area contributed by atoms with Gasteiger partial charge in [-0.25, -0.2) is 4.98 Å². The van der Waals surface area contributed by atoms with Crippen molar-refractivity contribution in [3.05, 3.63) is 52.9 Å². The Morgan fingerprint density at radius 3 is 2.72 bits per heavy atom. The second kappa shape index (κ2) is 9.10. The number of nitrogens with zero attached hydrogens (tertiary/aromatic N) is 4. The number of ether oxygens (including phenoxy) is 1. The van der Waals surface area contributed by atoms with E-state index in [4.69, 9.17) is 16.3 Å². The lowest BCUT2D eigenvalue weighted by Gasteiger charge is -2.43. The van der Waals surface area contributed by atoms with E-state index in [-0.39, 0.29) is 23.3 Å². The lowest BCUT2D eigenvalue weighted by Crippen LogP contribution is -2.56. The fraction of sp³-hybridized carbons (Fsp3) is 0.519. The molecule has 3 aromatic rings. The van der Waals surface area contributed by atoms with E-state index >= 15 is 0 Å². The maximum Gasteiger partial charge on any atom is 0.229 e. The van der Waals surface area contributed by atoms with Gasteiger partial charge in [0.25, 0.3) is 0 Å². The zero-order valence-corrected chi connectivity index (χ0v) is 21.4. The molecule has 8 nitrogen and oxygen atoms in total. The van der Waals surface area contributed by atoms with Crippen molar-refractivity contribution in [2.45, 2.75) is 49.7 Å². The molecule has 2 aliphatic heterocycles. The first-order valence-corrected chi connectivity index (χ1v) is 13.1. The third kappa shape index (κ3) is 4.30. The molecule has 3 aliphatic rings. The highest BCUT2D eigenvalue weighted by atomic mass is 35.5. The topological polar surface area (TPSA) is 92.5 Å². The predicted octanol–water partition coefficient (Wildman–Crippen LogP) is 3.69. The van der Waals surface area contributed by atoms with Crippen LogP contribution in [0.15, 0.2) is 36.8 Å². The molecule has 1 saturated carbocycles. The molecule has 3 fully saturated rings. The number of pyridine rings is 1. The number of aromatic nitrogens is 3. The van der Waals surface area contributed by atoms with Gasteiger partial charge in [-0.3, -0.25) is 14.4 Å². The number of halogens is 1. The van der Waals surface area contributed by atoms with E-state index < -0.39 is 6.10 Å². The van der Waals surface area contributed by atoms with Crippen molar-refractivity contribution >= 4 is 34.1 Å². The Balaban J connectivity index is 1.15. The predicted molar refractivity (Wildman–Crippen MR) is 138 cm³/mol. The molecule has 6 rings (SSSR count). The van der Waals surface area contributed by atoms with E-state index in [1.54, 1.807) is 10.9 Å². The molecule has 1 aliphatic carbocycles. The molecule has 2 N–H and O–H groups in total. The smallest absolute Gasteiger partial charge is 0.229 e. The molecule has 9 heteroatoms. The van der Waals surface area contributed by atoms with Crippen LogP contribution in [0.25, 0.3) is 10.8 Å². The highest BCUT2D eigenvalue weighted by molar-refractivity contribution is 6.32. The van der Waals surface area contributed by atoms with Gasteiger partial charge < -0.3 is 15.2 Å². The third-order valence-corrected chi connectivity index (χ3v) is 8.74. The lowest BCUT2D eigenvalue weighted by molar-refractivity contribution is -0.117. The fourth-order valence-electron chi connectivity index (χ4n) is 5.92. The van der Waals surface area contributed by atoms with Crippen LogP contribution in [0.3, 0.4) is 0 Å². The monoisotopic (exact) mass is 509 g/mol. The minimum atomic E-state index is -0.449. The van der Waals surface area contributed by atoms with E-state index in [1.165, 1.54) is 0 Å². The summed E-state index contributed by atoms with van der Waals surface area (Å²) >= 11 is 6.72. The van der Waals surface area contributed by atoms with Crippen molar-refractivity contribution in [2.24, 2.45) is 13.0 Å². The van der Waals surface area contributed by atoms with Gasteiger partial charge in [0.05, 0.1) is 31.1 Å². The van der Waals surface area contributed by atoms with Crippen molar-refractivity contribution in [3.8, 4) is 0 Å². The van der Waals surface area contributed by atoms with Gasteiger partial charge in [-0.2, -0.15) is 5.10 Å². The van der Waals surface area contributed by atoms with Crippen LogP contribution in [0.1, 0.15) is 49.1 Å². The Hall–Kier alpha value is -2.52. The van der Waals surface area contributed by atoms with Crippen LogP contribution in [0.4, 0.5) is 5.82 Å². The van der Waals surface area contributed by atoms with Crippen LogP contribution in [0, 0.1) is 5.92 Å². The Labute approximate surface area is 215 Å². The lowest BCUT2D eigenvalue weighted by atomic mass is 9.85. The minimum absolute atomic E-state index is 0.00355. The number of aliphatic hydroxyl groups excluding tert-OH is 1. The zero-order valence-electron chi connectivity index (χ0n) is 20.7. The van der Waals surface area contributed by atoms with Gasteiger partial charge >= 0.3 is 0 Å². The number of nitrogens with one attached hydrogen (secondary N) is 1. The maximum atomic E-state index is 12.8. The molecule has 36 heavy (non-hydrogen) atoms. The number of anilines is 1. The Morgan fingerprint density at radius 1 is 1.22 bits per heavy atom. The maximum absolute atomic E-state index is 12.8. The average Bonchev–Trinajstić information content (AvgIpc) is 3.44. The molecular formula is C27H32ClN5O3. The molecule has 4 atom stereocenters. The molecule has 1 aromatic carbocycles. The van der Waals surface area contributed by atoms with E-state index in [1.807, 2.05) is 31.6 Å².